The van der Waals surface area contributed by atoms with Crippen molar-refractivity contribution in [2.24, 2.45) is 5.92 Å². The molecule has 0 radical (unpaired) electrons. The second kappa shape index (κ2) is 12.4. The molecule has 0 aromatic rings. The maximum atomic E-state index is 5.65. The van der Waals surface area contributed by atoms with Crippen molar-refractivity contribution in [3.05, 3.63) is 0 Å². The van der Waals surface area contributed by atoms with Crippen molar-refractivity contribution in [1.82, 2.24) is 9.80 Å². The molecule has 0 bridgehead atoms. The van der Waals surface area contributed by atoms with Gasteiger partial charge in [-0.15, -0.1) is 0 Å². The minimum Gasteiger partial charge on any atom is -0.379 e. The van der Waals surface area contributed by atoms with E-state index in [0.29, 0.717) is 0 Å². The summed E-state index contributed by atoms with van der Waals surface area (Å²) in [6.07, 6.45) is 5.03. The van der Waals surface area contributed by atoms with Gasteiger partial charge >= 0.3 is 0 Å². The number of piperidine rings is 1. The normalized spacial score (nSPS) is 17.7. The molecule has 0 spiro atoms. The predicted molar refractivity (Wildman–Crippen MR) is 88.9 cm³/mol. The molecule has 0 N–H and O–H groups in total. The minimum absolute atomic E-state index is 0.738. The zero-order valence-corrected chi connectivity index (χ0v) is 14.5. The second-order valence-electron chi connectivity index (χ2n) is 6.22. The molecule has 1 heterocycles. The van der Waals surface area contributed by atoms with E-state index in [1.807, 2.05) is 0 Å². The van der Waals surface area contributed by atoms with Gasteiger partial charge in [0.2, 0.25) is 0 Å². The van der Waals surface area contributed by atoms with Gasteiger partial charge in [-0.25, -0.2) is 0 Å². The summed E-state index contributed by atoms with van der Waals surface area (Å²) in [5.74, 6) is 0.888. The largest absolute Gasteiger partial charge is 0.379 e. The van der Waals surface area contributed by atoms with E-state index in [2.05, 4.69) is 30.7 Å². The Kier molecular flexibility index (Phi) is 11.1. The lowest BCUT2D eigenvalue weighted by Crippen LogP contribution is -2.39. The summed E-state index contributed by atoms with van der Waals surface area (Å²) in [4.78, 5) is 4.97. The van der Waals surface area contributed by atoms with Crippen molar-refractivity contribution in [1.29, 1.82) is 0 Å². The number of nitrogens with zero attached hydrogens (tertiary/aromatic N) is 2. The zero-order chi connectivity index (χ0) is 15.3. The Labute approximate surface area is 131 Å². The summed E-state index contributed by atoms with van der Waals surface area (Å²) in [7, 11) is 2.22. The second-order valence-corrected chi connectivity index (χ2v) is 6.22. The van der Waals surface area contributed by atoms with Crippen molar-refractivity contribution in [2.75, 3.05) is 66.2 Å². The highest BCUT2D eigenvalue weighted by Crippen LogP contribution is 2.17. The van der Waals surface area contributed by atoms with Crippen LogP contribution in [0.15, 0.2) is 0 Å². The summed E-state index contributed by atoms with van der Waals surface area (Å²) < 4.78 is 11.1. The predicted octanol–water partition coefficient (Wildman–Crippen LogP) is 2.48. The van der Waals surface area contributed by atoms with Gasteiger partial charge in [-0.2, -0.15) is 0 Å². The van der Waals surface area contributed by atoms with Crippen molar-refractivity contribution in [2.45, 2.75) is 39.5 Å². The first-order valence-electron chi connectivity index (χ1n) is 8.82. The molecule has 1 fully saturated rings. The molecule has 1 saturated heterocycles. The van der Waals surface area contributed by atoms with Gasteiger partial charge in [-0.1, -0.05) is 20.3 Å². The lowest BCUT2D eigenvalue weighted by atomic mass is 9.96. The fraction of sp³-hybridized carbons (Fsp3) is 1.00. The van der Waals surface area contributed by atoms with Crippen LogP contribution in [0.5, 0.6) is 0 Å². The Morgan fingerprint density at radius 1 is 1.00 bits per heavy atom. The van der Waals surface area contributed by atoms with E-state index in [9.17, 15) is 0 Å². The highest BCUT2D eigenvalue weighted by Gasteiger charge is 2.19. The van der Waals surface area contributed by atoms with Gasteiger partial charge in [0.1, 0.15) is 0 Å². The molecule has 1 aliphatic heterocycles. The van der Waals surface area contributed by atoms with Crippen LogP contribution in [0.2, 0.25) is 0 Å². The van der Waals surface area contributed by atoms with Gasteiger partial charge in [0, 0.05) is 19.7 Å². The molecule has 1 rings (SSSR count). The van der Waals surface area contributed by atoms with Crippen LogP contribution in [0.4, 0.5) is 0 Å². The molecule has 0 atom stereocenters. The smallest absolute Gasteiger partial charge is 0.0701 e. The van der Waals surface area contributed by atoms with Crippen LogP contribution in [0.1, 0.15) is 39.5 Å². The number of ether oxygens (including phenoxy) is 2. The first-order valence-corrected chi connectivity index (χ1v) is 8.82. The summed E-state index contributed by atoms with van der Waals surface area (Å²) in [6.45, 7) is 13.6. The molecule has 0 aliphatic carbocycles. The number of hydrogen-bond acceptors (Lipinski definition) is 4. The van der Waals surface area contributed by atoms with Crippen LogP contribution >= 0.6 is 0 Å². The molecule has 0 amide bonds. The Bertz CT molecular complexity index is 231. The van der Waals surface area contributed by atoms with Gasteiger partial charge in [0.25, 0.3) is 0 Å². The molecular weight excluding hydrogens is 264 g/mol. The van der Waals surface area contributed by atoms with Crippen LogP contribution in [0.25, 0.3) is 0 Å². The van der Waals surface area contributed by atoms with E-state index < -0.39 is 0 Å². The third-order valence-corrected chi connectivity index (χ3v) is 4.38. The van der Waals surface area contributed by atoms with Gasteiger partial charge in [-0.3, -0.25) is 0 Å². The zero-order valence-electron chi connectivity index (χ0n) is 14.5. The van der Waals surface area contributed by atoms with Gasteiger partial charge in [0.15, 0.2) is 0 Å². The molecule has 0 saturated carbocycles. The first kappa shape index (κ1) is 18.9. The van der Waals surface area contributed by atoms with Gasteiger partial charge in [-0.05, 0) is 51.9 Å². The van der Waals surface area contributed by atoms with Crippen LogP contribution in [-0.2, 0) is 9.47 Å². The first-order chi connectivity index (χ1) is 10.3. The lowest BCUT2D eigenvalue weighted by molar-refractivity contribution is 0.0331. The molecule has 21 heavy (non-hydrogen) atoms. The van der Waals surface area contributed by atoms with Crippen LogP contribution in [-0.4, -0.2) is 76.0 Å². The third kappa shape index (κ3) is 9.46. The molecular formula is C17H36N2O2. The molecule has 1 aliphatic rings. The molecule has 0 aromatic heterocycles. The monoisotopic (exact) mass is 300 g/mol. The van der Waals surface area contributed by atoms with Crippen LogP contribution < -0.4 is 0 Å². The molecule has 126 valence electrons. The van der Waals surface area contributed by atoms with E-state index in [1.165, 1.54) is 38.9 Å². The molecule has 4 heteroatoms. The highest BCUT2D eigenvalue weighted by atomic mass is 16.5. The Morgan fingerprint density at radius 2 is 1.67 bits per heavy atom. The average molecular weight is 300 g/mol. The van der Waals surface area contributed by atoms with E-state index in [-0.39, 0.29) is 0 Å². The summed E-state index contributed by atoms with van der Waals surface area (Å²) >= 11 is 0. The van der Waals surface area contributed by atoms with Crippen molar-refractivity contribution < 1.29 is 9.47 Å². The SMILES string of the molecule is CCCCOCCOCCN1CCC(CN(C)CC)CC1. The molecule has 4 nitrogen and oxygen atoms in total. The maximum absolute atomic E-state index is 5.65. The van der Waals surface area contributed by atoms with Gasteiger partial charge in [0.05, 0.1) is 19.8 Å². The molecule has 0 unspecified atom stereocenters. The lowest BCUT2D eigenvalue weighted by Gasteiger charge is -2.33. The summed E-state index contributed by atoms with van der Waals surface area (Å²) in [5.41, 5.74) is 0. The maximum Gasteiger partial charge on any atom is 0.0701 e. The Morgan fingerprint density at radius 3 is 2.29 bits per heavy atom. The number of likely N-dealkylation sites (tertiary alicyclic amines) is 1. The molecule has 0 aromatic carbocycles. The van der Waals surface area contributed by atoms with E-state index in [0.717, 1.165) is 51.9 Å². The fourth-order valence-corrected chi connectivity index (χ4v) is 2.72. The van der Waals surface area contributed by atoms with E-state index >= 15 is 0 Å². The van der Waals surface area contributed by atoms with Gasteiger partial charge < -0.3 is 19.3 Å². The Hall–Kier alpha value is -0.160. The standard InChI is InChI=1S/C17H36N2O2/c1-4-6-12-20-14-15-21-13-11-19-9-7-17(8-10-19)16-18(3)5-2/h17H,4-16H2,1-3H3. The van der Waals surface area contributed by atoms with Crippen LogP contribution in [0.3, 0.4) is 0 Å². The fourth-order valence-electron chi connectivity index (χ4n) is 2.72. The minimum atomic E-state index is 0.738. The summed E-state index contributed by atoms with van der Waals surface area (Å²) in [5, 5.41) is 0. The summed E-state index contributed by atoms with van der Waals surface area (Å²) in [6, 6.07) is 0. The number of unbranched alkanes of at least 4 members (excludes halogenated alkanes) is 1. The van der Waals surface area contributed by atoms with E-state index in [4.69, 9.17) is 9.47 Å². The highest BCUT2D eigenvalue weighted by molar-refractivity contribution is 4.74. The van der Waals surface area contributed by atoms with Crippen molar-refractivity contribution in [3.8, 4) is 0 Å². The number of rotatable bonds is 12. The van der Waals surface area contributed by atoms with Crippen molar-refractivity contribution in [3.63, 3.8) is 0 Å². The number of hydrogen-bond donors (Lipinski definition) is 0. The topological polar surface area (TPSA) is 24.9 Å². The van der Waals surface area contributed by atoms with E-state index in [1.54, 1.807) is 0 Å². The third-order valence-electron chi connectivity index (χ3n) is 4.38. The van der Waals surface area contributed by atoms with Crippen molar-refractivity contribution >= 4 is 0 Å². The van der Waals surface area contributed by atoms with Crippen LogP contribution in [0, 0.1) is 5.92 Å². The average Bonchev–Trinajstić information content (AvgIpc) is 2.51. The Balaban J connectivity index is 1.91. The quantitative estimate of drug-likeness (QED) is 0.517.